The van der Waals surface area contributed by atoms with Gasteiger partial charge in [0.2, 0.25) is 0 Å². The van der Waals surface area contributed by atoms with Crippen molar-refractivity contribution in [1.82, 2.24) is 15.6 Å². The van der Waals surface area contributed by atoms with Gasteiger partial charge in [-0.05, 0) is 38.3 Å². The zero-order valence-electron chi connectivity index (χ0n) is 16.8. The van der Waals surface area contributed by atoms with Crippen LogP contribution in [0.2, 0.25) is 0 Å². The third kappa shape index (κ3) is 8.87. The van der Waals surface area contributed by atoms with Crippen LogP contribution in [0.25, 0.3) is 0 Å². The van der Waals surface area contributed by atoms with Gasteiger partial charge in [0.15, 0.2) is 17.6 Å². The molecule has 160 valence electrons. The first-order valence-corrected chi connectivity index (χ1v) is 9.71. The summed E-state index contributed by atoms with van der Waals surface area (Å²) in [6.45, 7) is 7.09. The van der Waals surface area contributed by atoms with Gasteiger partial charge in [-0.25, -0.2) is 9.37 Å². The van der Waals surface area contributed by atoms with E-state index >= 15 is 0 Å². The van der Waals surface area contributed by atoms with Crippen LogP contribution < -0.4 is 15.5 Å². The molecule has 0 spiro atoms. The van der Waals surface area contributed by atoms with E-state index in [1.807, 2.05) is 11.8 Å². The molecule has 0 amide bonds. The summed E-state index contributed by atoms with van der Waals surface area (Å²) in [6, 6.07) is 3.29. The predicted molar refractivity (Wildman–Crippen MR) is 121 cm³/mol. The van der Waals surface area contributed by atoms with Crippen LogP contribution in [0.1, 0.15) is 26.2 Å². The van der Waals surface area contributed by atoms with Gasteiger partial charge < -0.3 is 25.0 Å². The maximum absolute atomic E-state index is 13.9. The molecule has 0 saturated carbocycles. The maximum Gasteiger partial charge on any atom is 0.191 e. The van der Waals surface area contributed by atoms with E-state index in [2.05, 4.69) is 20.6 Å². The molecule has 0 bridgehead atoms. The van der Waals surface area contributed by atoms with Crippen molar-refractivity contribution in [2.45, 2.75) is 32.2 Å². The molecule has 0 aliphatic carbocycles. The lowest BCUT2D eigenvalue weighted by Gasteiger charge is -2.19. The van der Waals surface area contributed by atoms with E-state index in [1.165, 1.54) is 6.07 Å². The Balaban J connectivity index is 0.00000392. The molecule has 1 aliphatic rings. The van der Waals surface area contributed by atoms with Gasteiger partial charge in [0.05, 0.1) is 13.2 Å². The molecular formula is C19H33FIN5O2. The van der Waals surface area contributed by atoms with Crippen molar-refractivity contribution in [2.75, 3.05) is 58.0 Å². The number of hydrogen-bond donors (Lipinski definition) is 2. The number of unbranched alkanes of at least 4 members (excludes halogenated alkanes) is 1. The van der Waals surface area contributed by atoms with Gasteiger partial charge in [-0.15, -0.1) is 24.0 Å². The third-order valence-corrected chi connectivity index (χ3v) is 4.31. The minimum Gasteiger partial charge on any atom is -0.382 e. The second-order valence-electron chi connectivity index (χ2n) is 6.46. The summed E-state index contributed by atoms with van der Waals surface area (Å²) in [6.07, 6.45) is 4.50. The highest BCUT2D eigenvalue weighted by molar-refractivity contribution is 14.0. The molecule has 2 heterocycles. The van der Waals surface area contributed by atoms with Crippen LogP contribution in [0.4, 0.5) is 10.2 Å². The van der Waals surface area contributed by atoms with Crippen molar-refractivity contribution in [1.29, 1.82) is 0 Å². The molecule has 7 nitrogen and oxygen atoms in total. The summed E-state index contributed by atoms with van der Waals surface area (Å²) in [7, 11) is 1.67. The number of halogens is 2. The van der Waals surface area contributed by atoms with E-state index in [-0.39, 0.29) is 35.8 Å². The van der Waals surface area contributed by atoms with Crippen LogP contribution in [0.15, 0.2) is 23.3 Å². The molecule has 1 saturated heterocycles. The normalized spacial score (nSPS) is 16.8. The number of pyridine rings is 1. The molecule has 1 aromatic heterocycles. The van der Waals surface area contributed by atoms with Gasteiger partial charge >= 0.3 is 0 Å². The average Bonchev–Trinajstić information content (AvgIpc) is 3.12. The van der Waals surface area contributed by atoms with Gasteiger partial charge in [0.25, 0.3) is 0 Å². The minimum absolute atomic E-state index is 0. The number of hydrogen-bond acceptors (Lipinski definition) is 5. The number of methoxy groups -OCH3 is 1. The molecule has 1 unspecified atom stereocenters. The molecule has 9 heteroatoms. The fourth-order valence-electron chi connectivity index (χ4n) is 2.94. The highest BCUT2D eigenvalue weighted by Crippen LogP contribution is 2.20. The quantitative estimate of drug-likeness (QED) is 0.207. The second kappa shape index (κ2) is 14.7. The summed E-state index contributed by atoms with van der Waals surface area (Å²) in [5.74, 6) is 0.967. The number of aliphatic imine (C=N–C) groups is 1. The van der Waals surface area contributed by atoms with E-state index in [0.717, 1.165) is 51.5 Å². The molecular weight excluding hydrogens is 476 g/mol. The molecule has 1 atom stereocenters. The van der Waals surface area contributed by atoms with Crippen LogP contribution in [0, 0.1) is 5.82 Å². The minimum atomic E-state index is -0.272. The van der Waals surface area contributed by atoms with E-state index in [0.29, 0.717) is 25.6 Å². The van der Waals surface area contributed by atoms with Crippen molar-refractivity contribution in [3.63, 3.8) is 0 Å². The standard InChI is InChI=1S/C19H32FN5O2.HI/c1-3-21-19(23-9-4-5-12-27-14-13-26-2)24-16-8-11-25(15-16)18-17(20)7-6-10-22-18;/h6-7,10,16H,3-5,8-9,11-15H2,1-2H3,(H2,21,23,24);1H. The molecule has 2 N–H and O–H groups in total. The lowest BCUT2D eigenvalue weighted by atomic mass is 10.3. The number of guanidine groups is 1. The van der Waals surface area contributed by atoms with Gasteiger partial charge in [0.1, 0.15) is 0 Å². The molecule has 0 aromatic carbocycles. The summed E-state index contributed by atoms with van der Waals surface area (Å²) in [5, 5.41) is 6.73. The molecule has 2 rings (SSSR count). The van der Waals surface area contributed by atoms with Crippen molar-refractivity contribution >= 4 is 35.8 Å². The van der Waals surface area contributed by atoms with Crippen LogP contribution in [-0.4, -0.2) is 70.1 Å². The Labute approximate surface area is 184 Å². The highest BCUT2D eigenvalue weighted by atomic mass is 127. The molecule has 1 aliphatic heterocycles. The van der Waals surface area contributed by atoms with Crippen LogP contribution in [0.5, 0.6) is 0 Å². The summed E-state index contributed by atoms with van der Waals surface area (Å²) in [5.41, 5.74) is 0. The van der Waals surface area contributed by atoms with E-state index in [4.69, 9.17) is 9.47 Å². The van der Waals surface area contributed by atoms with Gasteiger partial charge in [-0.1, -0.05) is 0 Å². The molecule has 1 fully saturated rings. The zero-order chi connectivity index (χ0) is 19.3. The van der Waals surface area contributed by atoms with Crippen molar-refractivity contribution in [2.24, 2.45) is 4.99 Å². The fourth-order valence-corrected chi connectivity index (χ4v) is 2.94. The lowest BCUT2D eigenvalue weighted by molar-refractivity contribution is 0.0690. The number of aromatic nitrogens is 1. The number of nitrogens with one attached hydrogen (secondary N) is 2. The Kier molecular flexibility index (Phi) is 13.1. The van der Waals surface area contributed by atoms with Crippen molar-refractivity contribution in [3.8, 4) is 0 Å². The Bertz CT molecular complexity index is 579. The number of nitrogens with zero attached hydrogens (tertiary/aromatic N) is 3. The Morgan fingerprint density at radius 2 is 2.21 bits per heavy atom. The number of anilines is 1. The number of rotatable bonds is 11. The smallest absolute Gasteiger partial charge is 0.191 e. The highest BCUT2D eigenvalue weighted by Gasteiger charge is 2.25. The van der Waals surface area contributed by atoms with Gasteiger partial charge in [0, 0.05) is 52.1 Å². The van der Waals surface area contributed by atoms with Crippen LogP contribution >= 0.6 is 24.0 Å². The monoisotopic (exact) mass is 509 g/mol. The maximum atomic E-state index is 13.9. The van der Waals surface area contributed by atoms with Gasteiger partial charge in [-0.2, -0.15) is 0 Å². The van der Waals surface area contributed by atoms with Crippen LogP contribution in [0.3, 0.4) is 0 Å². The predicted octanol–water partition coefficient (Wildman–Crippen LogP) is 2.42. The van der Waals surface area contributed by atoms with E-state index in [1.54, 1.807) is 19.4 Å². The molecule has 0 radical (unpaired) electrons. The first-order chi connectivity index (χ1) is 13.2. The second-order valence-corrected chi connectivity index (χ2v) is 6.46. The van der Waals surface area contributed by atoms with Crippen molar-refractivity contribution < 1.29 is 13.9 Å². The van der Waals surface area contributed by atoms with Crippen LogP contribution in [-0.2, 0) is 9.47 Å². The van der Waals surface area contributed by atoms with Crippen molar-refractivity contribution in [3.05, 3.63) is 24.1 Å². The first-order valence-electron chi connectivity index (χ1n) is 9.71. The van der Waals surface area contributed by atoms with E-state index < -0.39 is 0 Å². The molecule has 1 aromatic rings. The fraction of sp³-hybridized carbons (Fsp3) is 0.684. The average molecular weight is 509 g/mol. The third-order valence-electron chi connectivity index (χ3n) is 4.31. The Morgan fingerprint density at radius 1 is 1.36 bits per heavy atom. The summed E-state index contributed by atoms with van der Waals surface area (Å²) >= 11 is 0. The van der Waals surface area contributed by atoms with E-state index in [9.17, 15) is 4.39 Å². The SMILES string of the molecule is CCNC(=NCCCCOCCOC)NC1CCN(c2ncccc2F)C1.I. The Hall–Kier alpha value is -1.20. The lowest BCUT2D eigenvalue weighted by Crippen LogP contribution is -2.44. The topological polar surface area (TPSA) is 71.0 Å². The van der Waals surface area contributed by atoms with Gasteiger partial charge in [-0.3, -0.25) is 4.99 Å². The zero-order valence-corrected chi connectivity index (χ0v) is 19.2. The largest absolute Gasteiger partial charge is 0.382 e. The first kappa shape index (κ1) is 24.8. The Morgan fingerprint density at radius 3 is 2.96 bits per heavy atom. The molecule has 28 heavy (non-hydrogen) atoms. The summed E-state index contributed by atoms with van der Waals surface area (Å²) in [4.78, 5) is 10.8. The number of ether oxygens (including phenoxy) is 2. The summed E-state index contributed by atoms with van der Waals surface area (Å²) < 4.78 is 24.3.